The van der Waals surface area contributed by atoms with Crippen LogP contribution >= 0.6 is 0 Å². The van der Waals surface area contributed by atoms with Gasteiger partial charge in [-0.05, 0) is 49.4 Å². The van der Waals surface area contributed by atoms with E-state index < -0.39 is 16.0 Å². The fraction of sp³-hybridized carbons (Fsp3) is 0.0556. The van der Waals surface area contributed by atoms with Crippen LogP contribution in [0.25, 0.3) is 21.9 Å². The number of hydrogen-bond donors (Lipinski definition) is 2. The number of hydrogen-bond acceptors (Lipinski definition) is 5. The van der Waals surface area contributed by atoms with Crippen LogP contribution in [0.1, 0.15) is 16.1 Å². The van der Waals surface area contributed by atoms with Crippen LogP contribution in [-0.2, 0) is 10.0 Å². The Labute approximate surface area is 147 Å². The maximum atomic E-state index is 12.7. The van der Waals surface area contributed by atoms with Crippen LogP contribution in [0.2, 0.25) is 0 Å². The smallest absolute Gasteiger partial charge is 0.372 e. The number of aromatic carboxylic acids is 1. The van der Waals surface area contributed by atoms with Crippen molar-refractivity contribution < 1.29 is 27.2 Å². The van der Waals surface area contributed by atoms with Gasteiger partial charge in [0, 0.05) is 22.0 Å². The van der Waals surface area contributed by atoms with Crippen LogP contribution in [-0.4, -0.2) is 19.5 Å². The number of sulfonamides is 1. The van der Waals surface area contributed by atoms with Gasteiger partial charge in [0.25, 0.3) is 10.0 Å². The number of benzene rings is 2. The van der Waals surface area contributed by atoms with Crippen molar-refractivity contribution in [3.63, 3.8) is 0 Å². The number of fused-ring (bicyclic) bond motifs is 2. The van der Waals surface area contributed by atoms with Gasteiger partial charge in [-0.3, -0.25) is 4.72 Å². The first kappa shape index (κ1) is 16.2. The summed E-state index contributed by atoms with van der Waals surface area (Å²) in [4.78, 5) is 11.2. The normalized spacial score (nSPS) is 11.9. The van der Waals surface area contributed by atoms with Gasteiger partial charge in [-0.1, -0.05) is 0 Å². The second-order valence-corrected chi connectivity index (χ2v) is 7.48. The molecule has 2 N–H and O–H groups in total. The molecule has 0 aliphatic rings. The van der Waals surface area contributed by atoms with E-state index in [-0.39, 0.29) is 10.7 Å². The first-order valence-electron chi connectivity index (χ1n) is 7.62. The molecule has 0 saturated carbocycles. The molecule has 4 aromatic rings. The van der Waals surface area contributed by atoms with Crippen LogP contribution < -0.4 is 4.72 Å². The quantitative estimate of drug-likeness (QED) is 0.561. The number of anilines is 1. The van der Waals surface area contributed by atoms with Crippen molar-refractivity contribution in [2.75, 3.05) is 4.72 Å². The molecule has 0 aliphatic carbocycles. The summed E-state index contributed by atoms with van der Waals surface area (Å²) in [6, 6.07) is 10.9. The van der Waals surface area contributed by atoms with Gasteiger partial charge in [-0.25, -0.2) is 13.2 Å². The summed E-state index contributed by atoms with van der Waals surface area (Å²) < 4.78 is 38.4. The second kappa shape index (κ2) is 5.63. The van der Waals surface area contributed by atoms with E-state index in [9.17, 15) is 13.2 Å². The lowest BCUT2D eigenvalue weighted by Gasteiger charge is -2.08. The summed E-state index contributed by atoms with van der Waals surface area (Å²) in [6.45, 7) is 1.58. The van der Waals surface area contributed by atoms with E-state index in [0.717, 1.165) is 5.39 Å². The van der Waals surface area contributed by atoms with Crippen molar-refractivity contribution in [3.05, 3.63) is 60.1 Å². The molecule has 0 radical (unpaired) electrons. The van der Waals surface area contributed by atoms with Gasteiger partial charge in [-0.15, -0.1) is 0 Å². The largest absolute Gasteiger partial charge is 0.475 e. The van der Waals surface area contributed by atoms with E-state index in [1.165, 1.54) is 24.5 Å². The highest BCUT2D eigenvalue weighted by atomic mass is 32.2. The Morgan fingerprint density at radius 2 is 1.85 bits per heavy atom. The summed E-state index contributed by atoms with van der Waals surface area (Å²) in [5, 5.41) is 10.3. The Morgan fingerprint density at radius 1 is 1.08 bits per heavy atom. The van der Waals surface area contributed by atoms with Crippen molar-refractivity contribution in [1.82, 2.24) is 0 Å². The lowest BCUT2D eigenvalue weighted by molar-refractivity contribution is 0.0664. The van der Waals surface area contributed by atoms with Crippen LogP contribution in [0.5, 0.6) is 0 Å². The number of rotatable bonds is 4. The Morgan fingerprint density at radius 3 is 2.62 bits per heavy atom. The third kappa shape index (κ3) is 2.60. The van der Waals surface area contributed by atoms with Gasteiger partial charge in [0.15, 0.2) is 0 Å². The van der Waals surface area contributed by atoms with E-state index in [1.807, 2.05) is 0 Å². The Kier molecular flexibility index (Phi) is 3.52. The van der Waals surface area contributed by atoms with Gasteiger partial charge in [-0.2, -0.15) is 0 Å². The molecule has 2 aromatic carbocycles. The molecule has 0 atom stereocenters. The van der Waals surface area contributed by atoms with E-state index in [4.69, 9.17) is 13.9 Å². The molecular weight excluding hydrogens is 358 g/mol. The van der Waals surface area contributed by atoms with Crippen molar-refractivity contribution in [2.24, 2.45) is 0 Å². The van der Waals surface area contributed by atoms with Gasteiger partial charge in [0.2, 0.25) is 5.76 Å². The van der Waals surface area contributed by atoms with Gasteiger partial charge in [0.1, 0.15) is 11.2 Å². The maximum absolute atomic E-state index is 12.7. The highest BCUT2D eigenvalue weighted by Gasteiger charge is 2.20. The van der Waals surface area contributed by atoms with Crippen molar-refractivity contribution in [3.8, 4) is 0 Å². The molecule has 7 nitrogen and oxygen atoms in total. The molecule has 0 saturated heterocycles. The second-order valence-electron chi connectivity index (χ2n) is 5.80. The van der Waals surface area contributed by atoms with Crippen LogP contribution in [0, 0.1) is 6.92 Å². The number of carboxylic acids is 1. The van der Waals surface area contributed by atoms with Gasteiger partial charge in [0.05, 0.1) is 11.2 Å². The lowest BCUT2D eigenvalue weighted by Crippen LogP contribution is -2.12. The molecule has 0 unspecified atom stereocenters. The minimum atomic E-state index is -3.85. The first-order chi connectivity index (χ1) is 12.3. The molecule has 2 heterocycles. The summed E-state index contributed by atoms with van der Waals surface area (Å²) in [5.41, 5.74) is 1.75. The molecule has 0 fully saturated rings. The van der Waals surface area contributed by atoms with Crippen LogP contribution in [0.3, 0.4) is 0 Å². The van der Waals surface area contributed by atoms with Crippen molar-refractivity contribution in [2.45, 2.75) is 11.8 Å². The average Bonchev–Trinajstić information content (AvgIpc) is 3.18. The molecular formula is C18H13NO6S. The molecule has 0 spiro atoms. The van der Waals surface area contributed by atoms with E-state index in [2.05, 4.69) is 4.72 Å². The monoisotopic (exact) mass is 371 g/mol. The molecule has 26 heavy (non-hydrogen) atoms. The molecule has 4 rings (SSSR count). The zero-order chi connectivity index (χ0) is 18.5. The number of nitrogens with one attached hydrogen (secondary N) is 1. The minimum absolute atomic E-state index is 0.0122. The number of carbonyl (C=O) groups is 1. The van der Waals surface area contributed by atoms with E-state index >= 15 is 0 Å². The molecule has 0 amide bonds. The lowest BCUT2D eigenvalue weighted by atomic mass is 10.1. The maximum Gasteiger partial charge on any atom is 0.372 e. The molecule has 0 aliphatic heterocycles. The highest BCUT2D eigenvalue weighted by molar-refractivity contribution is 7.92. The average molecular weight is 371 g/mol. The fourth-order valence-electron chi connectivity index (χ4n) is 2.82. The summed E-state index contributed by atoms with van der Waals surface area (Å²) in [5.74, 6) is -1.40. The Hall–Kier alpha value is -3.26. The summed E-state index contributed by atoms with van der Waals surface area (Å²) in [6.07, 6.45) is 1.53. The Bertz CT molecular complexity index is 1270. The van der Waals surface area contributed by atoms with Gasteiger partial charge < -0.3 is 13.9 Å². The predicted octanol–water partition coefficient (Wildman–Crippen LogP) is 3.99. The molecule has 8 heteroatoms. The minimum Gasteiger partial charge on any atom is -0.475 e. The van der Waals surface area contributed by atoms with Crippen molar-refractivity contribution >= 4 is 43.6 Å². The van der Waals surface area contributed by atoms with Crippen molar-refractivity contribution in [1.29, 1.82) is 0 Å². The third-order valence-electron chi connectivity index (χ3n) is 4.12. The predicted molar refractivity (Wildman–Crippen MR) is 94.9 cm³/mol. The van der Waals surface area contributed by atoms with E-state index in [1.54, 1.807) is 31.2 Å². The highest BCUT2D eigenvalue weighted by Crippen LogP contribution is 2.29. The number of carboxylic acid groups (broad SMARTS) is 1. The zero-order valence-corrected chi connectivity index (χ0v) is 14.3. The van der Waals surface area contributed by atoms with E-state index in [0.29, 0.717) is 27.8 Å². The number of furan rings is 2. The summed E-state index contributed by atoms with van der Waals surface area (Å²) >= 11 is 0. The third-order valence-corrected chi connectivity index (χ3v) is 5.50. The zero-order valence-electron chi connectivity index (χ0n) is 13.5. The molecule has 0 bridgehead atoms. The summed E-state index contributed by atoms with van der Waals surface area (Å²) in [7, 11) is -3.85. The van der Waals surface area contributed by atoms with Crippen LogP contribution in [0.15, 0.2) is 62.5 Å². The van der Waals surface area contributed by atoms with Gasteiger partial charge >= 0.3 is 5.97 Å². The molecule has 2 aromatic heterocycles. The number of aryl methyl sites for hydroxylation is 1. The van der Waals surface area contributed by atoms with Crippen LogP contribution in [0.4, 0.5) is 5.69 Å². The Balaban J connectivity index is 1.74. The topological polar surface area (TPSA) is 110 Å². The first-order valence-corrected chi connectivity index (χ1v) is 9.10. The standard InChI is InChI=1S/C18H13NO6S/c1-10-14-9-13(3-5-16(14)25-17(10)18(20)21)26(22,23)19-12-2-4-15-11(8-12)6-7-24-15/h2-9,19H,1H3,(H,20,21). The SMILES string of the molecule is Cc1c(C(=O)O)oc2ccc(S(=O)(=O)Nc3ccc4occc4c3)cc12. The molecule has 132 valence electrons. The fourth-order valence-corrected chi connectivity index (χ4v) is 3.89.